The molecule has 2 fully saturated rings. The summed E-state index contributed by atoms with van der Waals surface area (Å²) < 4.78 is 5.33. The quantitative estimate of drug-likeness (QED) is 0.349. The highest BCUT2D eigenvalue weighted by molar-refractivity contribution is 5.43. The maximum Gasteiger partial charge on any atom is 0.230 e. The summed E-state index contributed by atoms with van der Waals surface area (Å²) in [6.07, 6.45) is 1.62. The average molecular weight is 229 g/mol. The second-order valence-electron chi connectivity index (χ2n) is 4.19. The number of hydroxylamine groups is 1. The zero-order valence-electron chi connectivity index (χ0n) is 9.35. The van der Waals surface area contributed by atoms with Gasteiger partial charge >= 0.3 is 0 Å². The lowest BCUT2D eigenvalue weighted by Gasteiger charge is -2.31. The molecule has 1 unspecified atom stereocenters. The highest BCUT2D eigenvalue weighted by Crippen LogP contribution is 2.15. The molecule has 0 aromatic carbocycles. The van der Waals surface area contributed by atoms with Crippen LogP contribution in [0.25, 0.3) is 0 Å². The molecule has 0 aromatic heterocycles. The standard InChI is InChI=1S/C10H19N3O3/c14-8-12-16-7-9-5-10(6-11-9)13-1-3-15-4-2-13/h8-11H,1-7H2,(H,12,14)/t9-,10?/m1/s1. The molecule has 0 aliphatic carbocycles. The van der Waals surface area contributed by atoms with E-state index in [2.05, 4.69) is 15.7 Å². The molecule has 2 aliphatic heterocycles. The van der Waals surface area contributed by atoms with Gasteiger partial charge in [0.15, 0.2) is 0 Å². The third-order valence-electron chi connectivity index (χ3n) is 3.18. The monoisotopic (exact) mass is 229 g/mol. The van der Waals surface area contributed by atoms with Gasteiger partial charge in [-0.05, 0) is 6.42 Å². The minimum Gasteiger partial charge on any atom is -0.379 e. The highest BCUT2D eigenvalue weighted by Gasteiger charge is 2.29. The number of carbonyl (C=O) groups excluding carboxylic acids is 1. The van der Waals surface area contributed by atoms with Gasteiger partial charge in [0.1, 0.15) is 0 Å². The Morgan fingerprint density at radius 2 is 2.31 bits per heavy atom. The molecule has 2 rings (SSSR count). The van der Waals surface area contributed by atoms with Crippen LogP contribution in [0, 0.1) is 0 Å². The van der Waals surface area contributed by atoms with Crippen LogP contribution in [-0.2, 0) is 14.4 Å². The minimum atomic E-state index is 0.334. The molecule has 0 aromatic rings. The van der Waals surface area contributed by atoms with E-state index in [1.165, 1.54) is 0 Å². The second kappa shape index (κ2) is 6.15. The summed E-state index contributed by atoms with van der Waals surface area (Å²) in [5, 5.41) is 3.40. The Balaban J connectivity index is 1.68. The van der Waals surface area contributed by atoms with Crippen molar-refractivity contribution in [1.29, 1.82) is 0 Å². The first-order valence-corrected chi connectivity index (χ1v) is 5.76. The summed E-state index contributed by atoms with van der Waals surface area (Å²) in [5.74, 6) is 0. The largest absolute Gasteiger partial charge is 0.379 e. The summed E-state index contributed by atoms with van der Waals surface area (Å²) >= 11 is 0. The van der Waals surface area contributed by atoms with Crippen molar-refractivity contribution in [3.05, 3.63) is 0 Å². The van der Waals surface area contributed by atoms with E-state index in [-0.39, 0.29) is 0 Å². The molecule has 1 amide bonds. The molecule has 0 saturated carbocycles. The Labute approximate surface area is 95.2 Å². The smallest absolute Gasteiger partial charge is 0.230 e. The first-order valence-electron chi connectivity index (χ1n) is 5.76. The molecule has 92 valence electrons. The zero-order chi connectivity index (χ0) is 11.2. The summed E-state index contributed by atoms with van der Waals surface area (Å²) in [4.78, 5) is 17.5. The molecule has 2 heterocycles. The molecule has 0 radical (unpaired) electrons. The number of amides is 1. The Hall–Kier alpha value is -0.690. The molecule has 2 N–H and O–H groups in total. The molecular formula is C10H19N3O3. The lowest BCUT2D eigenvalue weighted by molar-refractivity contribution is -0.121. The van der Waals surface area contributed by atoms with Crippen molar-refractivity contribution in [2.24, 2.45) is 0 Å². The first kappa shape index (κ1) is 11.8. The summed E-state index contributed by atoms with van der Waals surface area (Å²) in [5.41, 5.74) is 2.22. The number of morpholine rings is 1. The van der Waals surface area contributed by atoms with E-state index in [9.17, 15) is 4.79 Å². The van der Waals surface area contributed by atoms with Gasteiger partial charge in [0, 0.05) is 31.7 Å². The first-order chi connectivity index (χ1) is 7.90. The fourth-order valence-corrected chi connectivity index (χ4v) is 2.33. The predicted molar refractivity (Wildman–Crippen MR) is 57.7 cm³/mol. The van der Waals surface area contributed by atoms with E-state index in [1.54, 1.807) is 0 Å². The van der Waals surface area contributed by atoms with Gasteiger partial charge in [-0.15, -0.1) is 0 Å². The molecule has 6 nitrogen and oxygen atoms in total. The van der Waals surface area contributed by atoms with Crippen LogP contribution in [0.3, 0.4) is 0 Å². The van der Waals surface area contributed by atoms with Crippen molar-refractivity contribution in [2.75, 3.05) is 39.5 Å². The summed E-state index contributed by atoms with van der Waals surface area (Å²) in [7, 11) is 0. The Kier molecular flexibility index (Phi) is 4.53. The third-order valence-corrected chi connectivity index (χ3v) is 3.18. The van der Waals surface area contributed by atoms with Gasteiger partial charge in [-0.2, -0.15) is 0 Å². The number of nitrogens with zero attached hydrogens (tertiary/aromatic N) is 1. The van der Waals surface area contributed by atoms with Crippen molar-refractivity contribution in [2.45, 2.75) is 18.5 Å². The number of hydrogen-bond donors (Lipinski definition) is 2. The Morgan fingerprint density at radius 3 is 3.06 bits per heavy atom. The van der Waals surface area contributed by atoms with Gasteiger partial charge < -0.3 is 10.1 Å². The van der Waals surface area contributed by atoms with E-state index < -0.39 is 0 Å². The average Bonchev–Trinajstić information content (AvgIpc) is 2.79. The van der Waals surface area contributed by atoms with Gasteiger partial charge in [-0.25, -0.2) is 5.48 Å². The number of rotatable bonds is 5. The lowest BCUT2D eigenvalue weighted by atomic mass is 10.1. The number of nitrogens with one attached hydrogen (secondary N) is 2. The van der Waals surface area contributed by atoms with Gasteiger partial charge in [0.2, 0.25) is 6.41 Å². The maximum absolute atomic E-state index is 10.0. The van der Waals surface area contributed by atoms with Crippen LogP contribution in [0.2, 0.25) is 0 Å². The molecule has 2 saturated heterocycles. The third kappa shape index (κ3) is 3.15. The number of ether oxygens (including phenoxy) is 1. The molecule has 0 bridgehead atoms. The summed E-state index contributed by atoms with van der Waals surface area (Å²) in [6, 6.07) is 0.911. The summed E-state index contributed by atoms with van der Waals surface area (Å²) in [6.45, 7) is 5.24. The molecule has 0 spiro atoms. The van der Waals surface area contributed by atoms with Crippen LogP contribution in [0.4, 0.5) is 0 Å². The van der Waals surface area contributed by atoms with Crippen molar-refractivity contribution in [3.63, 3.8) is 0 Å². The predicted octanol–water partition coefficient (Wildman–Crippen LogP) is -1.27. The maximum atomic E-state index is 10.0. The second-order valence-corrected chi connectivity index (χ2v) is 4.19. The minimum absolute atomic E-state index is 0.334. The Bertz CT molecular complexity index is 221. The molecule has 16 heavy (non-hydrogen) atoms. The van der Waals surface area contributed by atoms with E-state index in [1.807, 2.05) is 0 Å². The molecule has 2 atom stereocenters. The van der Waals surface area contributed by atoms with Crippen LogP contribution in [-0.4, -0.2) is 62.8 Å². The fourth-order valence-electron chi connectivity index (χ4n) is 2.33. The normalized spacial score (nSPS) is 31.5. The molecular weight excluding hydrogens is 210 g/mol. The van der Waals surface area contributed by atoms with E-state index in [4.69, 9.17) is 9.57 Å². The molecule has 6 heteroatoms. The van der Waals surface area contributed by atoms with Crippen molar-refractivity contribution < 1.29 is 14.4 Å². The van der Waals surface area contributed by atoms with Gasteiger partial charge in [-0.1, -0.05) is 0 Å². The van der Waals surface area contributed by atoms with Crippen LogP contribution < -0.4 is 10.8 Å². The SMILES string of the molecule is O=CNOC[C@H]1CC(N2CCOCC2)CN1. The van der Waals surface area contributed by atoms with Crippen LogP contribution in [0.5, 0.6) is 0 Å². The van der Waals surface area contributed by atoms with Gasteiger partial charge in [-0.3, -0.25) is 14.5 Å². The van der Waals surface area contributed by atoms with E-state index in [0.29, 0.717) is 25.1 Å². The van der Waals surface area contributed by atoms with Crippen molar-refractivity contribution >= 4 is 6.41 Å². The number of carbonyl (C=O) groups is 1. The lowest BCUT2D eigenvalue weighted by Crippen LogP contribution is -2.44. The zero-order valence-corrected chi connectivity index (χ0v) is 9.35. The number of hydrogen-bond acceptors (Lipinski definition) is 5. The van der Waals surface area contributed by atoms with Crippen LogP contribution >= 0.6 is 0 Å². The fraction of sp³-hybridized carbons (Fsp3) is 0.900. The van der Waals surface area contributed by atoms with Crippen LogP contribution in [0.1, 0.15) is 6.42 Å². The molecule has 2 aliphatic rings. The Morgan fingerprint density at radius 1 is 1.50 bits per heavy atom. The van der Waals surface area contributed by atoms with E-state index >= 15 is 0 Å². The topological polar surface area (TPSA) is 62.8 Å². The van der Waals surface area contributed by atoms with Gasteiger partial charge in [0.25, 0.3) is 0 Å². The van der Waals surface area contributed by atoms with E-state index in [0.717, 1.165) is 39.3 Å². The van der Waals surface area contributed by atoms with Gasteiger partial charge in [0.05, 0.1) is 19.8 Å². The van der Waals surface area contributed by atoms with Crippen molar-refractivity contribution in [1.82, 2.24) is 15.7 Å². The van der Waals surface area contributed by atoms with Crippen LogP contribution in [0.15, 0.2) is 0 Å². The van der Waals surface area contributed by atoms with Crippen molar-refractivity contribution in [3.8, 4) is 0 Å². The highest BCUT2D eigenvalue weighted by atomic mass is 16.6.